The van der Waals surface area contributed by atoms with E-state index in [2.05, 4.69) is 73.3 Å². The molecular formula is C25H30S3. The van der Waals surface area contributed by atoms with Crippen LogP contribution in [0.1, 0.15) is 59.9 Å². The highest BCUT2D eigenvalue weighted by Gasteiger charge is 2.04. The van der Waals surface area contributed by atoms with Gasteiger partial charge < -0.3 is 0 Å². The number of hydrogen-bond donors (Lipinski definition) is 0. The normalized spacial score (nSPS) is 12.8. The Morgan fingerprint density at radius 2 is 1.57 bits per heavy atom. The second-order valence-electron chi connectivity index (χ2n) is 7.32. The van der Waals surface area contributed by atoms with E-state index in [1.165, 1.54) is 69.0 Å². The van der Waals surface area contributed by atoms with Crippen LogP contribution in [0.25, 0.3) is 16.0 Å². The molecule has 0 atom stereocenters. The molecule has 0 bridgehead atoms. The Morgan fingerprint density at radius 1 is 0.821 bits per heavy atom. The van der Waals surface area contributed by atoms with Gasteiger partial charge in [-0.15, -0.1) is 34.0 Å². The van der Waals surface area contributed by atoms with Gasteiger partial charge in [0.2, 0.25) is 0 Å². The minimum atomic E-state index is 1.10. The highest BCUT2D eigenvalue weighted by molar-refractivity contribution is 7.14. The molecule has 1 aliphatic carbocycles. The smallest absolute Gasteiger partial charge is 0.0353 e. The molecule has 148 valence electrons. The Bertz CT molecular complexity index is 917. The maximum atomic E-state index is 2.37. The SMILES string of the molecule is CCCCCCc1csc(-c2csc(C)c2)c1.Cc1cc(C2=CCC=C2)cs1. The summed E-state index contributed by atoms with van der Waals surface area (Å²) >= 11 is 5.54. The number of rotatable bonds is 7. The van der Waals surface area contributed by atoms with Gasteiger partial charge in [-0.3, -0.25) is 0 Å². The maximum absolute atomic E-state index is 2.37. The molecule has 0 radical (unpaired) electrons. The molecule has 3 heterocycles. The summed E-state index contributed by atoms with van der Waals surface area (Å²) < 4.78 is 0. The third-order valence-electron chi connectivity index (χ3n) is 4.82. The fourth-order valence-electron chi connectivity index (χ4n) is 3.25. The number of unbranched alkanes of at least 4 members (excludes halogenated alkanes) is 3. The van der Waals surface area contributed by atoms with Gasteiger partial charge in [0.05, 0.1) is 0 Å². The summed E-state index contributed by atoms with van der Waals surface area (Å²) in [4.78, 5) is 4.22. The number of thiophene rings is 3. The number of allylic oxidation sites excluding steroid dienone is 4. The van der Waals surface area contributed by atoms with Crippen LogP contribution in [0, 0.1) is 13.8 Å². The molecule has 0 saturated heterocycles. The summed E-state index contributed by atoms with van der Waals surface area (Å²) in [5, 5.41) is 6.81. The highest BCUT2D eigenvalue weighted by atomic mass is 32.1. The topological polar surface area (TPSA) is 0 Å². The van der Waals surface area contributed by atoms with Crippen LogP contribution in [0.4, 0.5) is 0 Å². The second kappa shape index (κ2) is 10.9. The Balaban J connectivity index is 0.000000176. The van der Waals surface area contributed by atoms with Gasteiger partial charge in [0, 0.05) is 20.2 Å². The molecule has 3 aromatic rings. The van der Waals surface area contributed by atoms with Crippen LogP contribution in [0.5, 0.6) is 0 Å². The van der Waals surface area contributed by atoms with Gasteiger partial charge >= 0.3 is 0 Å². The van der Waals surface area contributed by atoms with Crippen LogP contribution in [0.2, 0.25) is 0 Å². The third-order valence-corrected chi connectivity index (χ3v) is 7.57. The van der Waals surface area contributed by atoms with E-state index in [0.717, 1.165) is 6.42 Å². The summed E-state index contributed by atoms with van der Waals surface area (Å²) in [6, 6.07) is 6.90. The fraction of sp³-hybridized carbons (Fsp3) is 0.360. The zero-order valence-electron chi connectivity index (χ0n) is 17.2. The molecule has 3 heteroatoms. The van der Waals surface area contributed by atoms with E-state index in [4.69, 9.17) is 0 Å². The molecule has 0 aliphatic heterocycles. The van der Waals surface area contributed by atoms with E-state index >= 15 is 0 Å². The fourth-order valence-corrected chi connectivity index (χ4v) is 5.68. The highest BCUT2D eigenvalue weighted by Crippen LogP contribution is 2.31. The van der Waals surface area contributed by atoms with Crippen molar-refractivity contribution in [2.45, 2.75) is 59.3 Å². The zero-order valence-corrected chi connectivity index (χ0v) is 19.6. The summed E-state index contributed by atoms with van der Waals surface area (Å²) in [5.74, 6) is 0. The van der Waals surface area contributed by atoms with Gasteiger partial charge in [-0.2, -0.15) is 0 Å². The average Bonchev–Trinajstić information content (AvgIpc) is 3.46. The van der Waals surface area contributed by atoms with E-state index in [0.29, 0.717) is 0 Å². The van der Waals surface area contributed by atoms with Crippen LogP contribution in [-0.4, -0.2) is 0 Å². The Labute approximate surface area is 182 Å². The quantitative estimate of drug-likeness (QED) is 0.330. The van der Waals surface area contributed by atoms with Crippen molar-refractivity contribution in [3.05, 3.63) is 73.4 Å². The molecule has 4 rings (SSSR count). The van der Waals surface area contributed by atoms with Crippen molar-refractivity contribution in [2.75, 3.05) is 0 Å². The minimum Gasteiger partial charge on any atom is -0.149 e. The summed E-state index contributed by atoms with van der Waals surface area (Å²) in [6.07, 6.45) is 14.4. The first-order chi connectivity index (χ1) is 13.7. The first-order valence-electron chi connectivity index (χ1n) is 10.2. The van der Waals surface area contributed by atoms with Gasteiger partial charge in [-0.05, 0) is 84.1 Å². The molecule has 1 aliphatic rings. The maximum Gasteiger partial charge on any atom is 0.0353 e. The van der Waals surface area contributed by atoms with Crippen LogP contribution in [-0.2, 0) is 6.42 Å². The first-order valence-corrected chi connectivity index (χ1v) is 12.8. The van der Waals surface area contributed by atoms with E-state index in [1.807, 2.05) is 34.0 Å². The molecule has 0 amide bonds. The molecule has 0 saturated carbocycles. The van der Waals surface area contributed by atoms with Crippen LogP contribution in [0.15, 0.2) is 52.6 Å². The summed E-state index contributed by atoms with van der Waals surface area (Å²) in [5.41, 5.74) is 5.68. The molecular weight excluding hydrogens is 396 g/mol. The Hall–Kier alpha value is -1.42. The predicted molar refractivity (Wildman–Crippen MR) is 131 cm³/mol. The minimum absolute atomic E-state index is 1.10. The lowest BCUT2D eigenvalue weighted by Gasteiger charge is -1.96. The van der Waals surface area contributed by atoms with Crippen LogP contribution in [0.3, 0.4) is 0 Å². The second-order valence-corrected chi connectivity index (χ2v) is 10.5. The van der Waals surface area contributed by atoms with Crippen molar-refractivity contribution >= 4 is 39.6 Å². The summed E-state index contributed by atoms with van der Waals surface area (Å²) in [7, 11) is 0. The van der Waals surface area contributed by atoms with E-state index in [9.17, 15) is 0 Å². The van der Waals surface area contributed by atoms with Crippen molar-refractivity contribution in [3.63, 3.8) is 0 Å². The molecule has 0 fully saturated rings. The van der Waals surface area contributed by atoms with Crippen molar-refractivity contribution < 1.29 is 0 Å². The number of aryl methyl sites for hydroxylation is 3. The number of hydrogen-bond acceptors (Lipinski definition) is 3. The first kappa shape index (κ1) is 21.3. The lowest BCUT2D eigenvalue weighted by Crippen LogP contribution is -1.82. The van der Waals surface area contributed by atoms with Crippen molar-refractivity contribution in [3.8, 4) is 10.4 Å². The zero-order chi connectivity index (χ0) is 19.8. The third kappa shape index (κ3) is 6.30. The van der Waals surface area contributed by atoms with E-state index in [1.54, 1.807) is 0 Å². The standard InChI is InChI=1S/C15H20S2.C10H10S/c1-3-4-5-6-7-13-9-15(17-10-13)14-8-12(2)16-11-14;1-8-6-10(7-11-8)9-4-2-3-5-9/h8-11H,3-7H2,1-2H3;2,4-7H,3H2,1H3. The van der Waals surface area contributed by atoms with Gasteiger partial charge in [-0.25, -0.2) is 0 Å². The Morgan fingerprint density at radius 3 is 2.18 bits per heavy atom. The lowest BCUT2D eigenvalue weighted by atomic mass is 10.1. The van der Waals surface area contributed by atoms with E-state index < -0.39 is 0 Å². The lowest BCUT2D eigenvalue weighted by molar-refractivity contribution is 0.667. The molecule has 3 aromatic heterocycles. The largest absolute Gasteiger partial charge is 0.149 e. The van der Waals surface area contributed by atoms with Gasteiger partial charge in [-0.1, -0.05) is 44.4 Å². The molecule has 0 unspecified atom stereocenters. The van der Waals surface area contributed by atoms with Crippen LogP contribution >= 0.6 is 34.0 Å². The summed E-state index contributed by atoms with van der Waals surface area (Å²) in [6.45, 7) is 6.59. The molecule has 0 nitrogen and oxygen atoms in total. The predicted octanol–water partition coefficient (Wildman–Crippen LogP) is 9.31. The Kier molecular flexibility index (Phi) is 8.32. The molecule has 0 N–H and O–H groups in total. The van der Waals surface area contributed by atoms with Crippen molar-refractivity contribution in [2.24, 2.45) is 0 Å². The van der Waals surface area contributed by atoms with Crippen molar-refractivity contribution in [1.82, 2.24) is 0 Å². The average molecular weight is 427 g/mol. The van der Waals surface area contributed by atoms with Gasteiger partial charge in [0.1, 0.15) is 0 Å². The van der Waals surface area contributed by atoms with Gasteiger partial charge in [0.15, 0.2) is 0 Å². The van der Waals surface area contributed by atoms with Crippen LogP contribution < -0.4 is 0 Å². The molecule has 28 heavy (non-hydrogen) atoms. The van der Waals surface area contributed by atoms with E-state index in [-0.39, 0.29) is 0 Å². The van der Waals surface area contributed by atoms with Crippen molar-refractivity contribution in [1.29, 1.82) is 0 Å². The van der Waals surface area contributed by atoms with Gasteiger partial charge in [0.25, 0.3) is 0 Å². The molecule has 0 spiro atoms. The molecule has 0 aromatic carbocycles. The monoisotopic (exact) mass is 426 g/mol.